The van der Waals surface area contributed by atoms with E-state index in [9.17, 15) is 9.59 Å². The van der Waals surface area contributed by atoms with Crippen LogP contribution in [-0.4, -0.2) is 18.4 Å². The molecule has 0 aliphatic carbocycles. The topological polar surface area (TPSA) is 67.4 Å². The average Bonchev–Trinajstić information content (AvgIpc) is 2.67. The zero-order valence-corrected chi connectivity index (χ0v) is 12.2. The van der Waals surface area contributed by atoms with Crippen molar-refractivity contribution in [3.8, 4) is 5.75 Å². The van der Waals surface area contributed by atoms with Crippen molar-refractivity contribution in [3.63, 3.8) is 0 Å². The summed E-state index contributed by atoms with van der Waals surface area (Å²) in [5.41, 5.74) is 2.80. The van der Waals surface area contributed by atoms with Gasteiger partial charge in [0.05, 0.1) is 18.7 Å². The molecule has 0 bridgehead atoms. The average molecular weight is 296 g/mol. The number of carbonyl (C=O) groups excluding carboxylic acids is 2. The van der Waals surface area contributed by atoms with Gasteiger partial charge in [-0.3, -0.25) is 9.59 Å². The highest BCUT2D eigenvalue weighted by Gasteiger charge is 2.16. The highest BCUT2D eigenvalue weighted by atomic mass is 16.5. The number of nitrogens with one attached hydrogen (secondary N) is 2. The van der Waals surface area contributed by atoms with Gasteiger partial charge in [-0.15, -0.1) is 0 Å². The van der Waals surface area contributed by atoms with E-state index in [1.54, 1.807) is 18.2 Å². The third-order valence-corrected chi connectivity index (χ3v) is 3.38. The van der Waals surface area contributed by atoms with E-state index in [0.717, 1.165) is 11.3 Å². The fraction of sp³-hybridized carbons (Fsp3) is 0.176. The van der Waals surface area contributed by atoms with Gasteiger partial charge in [-0.2, -0.15) is 0 Å². The van der Waals surface area contributed by atoms with Gasteiger partial charge in [-0.1, -0.05) is 12.1 Å². The first-order valence-electron chi connectivity index (χ1n) is 7.06. The first-order chi connectivity index (χ1) is 10.6. The molecule has 2 aromatic rings. The first-order valence-corrected chi connectivity index (χ1v) is 7.06. The normalized spacial score (nSPS) is 13.4. The molecule has 1 aliphatic rings. The lowest BCUT2D eigenvalue weighted by molar-refractivity contribution is -0.116. The number of benzene rings is 2. The fourth-order valence-corrected chi connectivity index (χ4v) is 2.29. The van der Waals surface area contributed by atoms with Crippen molar-refractivity contribution in [1.82, 2.24) is 0 Å². The highest BCUT2D eigenvalue weighted by molar-refractivity contribution is 6.06. The lowest BCUT2D eigenvalue weighted by Gasteiger charge is -2.10. The first kappa shape index (κ1) is 14.1. The van der Waals surface area contributed by atoms with Crippen molar-refractivity contribution in [2.45, 2.75) is 13.3 Å². The zero-order valence-electron chi connectivity index (χ0n) is 12.2. The second-order valence-corrected chi connectivity index (χ2v) is 5.18. The molecule has 1 heterocycles. The van der Waals surface area contributed by atoms with Crippen LogP contribution in [-0.2, 0) is 4.79 Å². The monoisotopic (exact) mass is 296 g/mol. The molecule has 3 rings (SSSR count). The maximum Gasteiger partial charge on any atom is 0.255 e. The van der Waals surface area contributed by atoms with E-state index in [4.69, 9.17) is 4.74 Å². The van der Waals surface area contributed by atoms with Crippen LogP contribution in [0, 0.1) is 6.92 Å². The molecule has 1 aliphatic heterocycles. The van der Waals surface area contributed by atoms with Gasteiger partial charge in [0, 0.05) is 11.3 Å². The predicted molar refractivity (Wildman–Crippen MR) is 84.3 cm³/mol. The molecule has 2 N–H and O–H groups in total. The van der Waals surface area contributed by atoms with Gasteiger partial charge in [0.2, 0.25) is 5.91 Å². The molecule has 0 saturated heterocycles. The Kier molecular flexibility index (Phi) is 3.78. The van der Waals surface area contributed by atoms with Gasteiger partial charge in [0.1, 0.15) is 5.75 Å². The highest BCUT2D eigenvalue weighted by Crippen LogP contribution is 2.28. The summed E-state index contributed by atoms with van der Waals surface area (Å²) in [4.78, 5) is 23.9. The summed E-state index contributed by atoms with van der Waals surface area (Å²) in [5, 5.41) is 5.59. The molecule has 0 saturated carbocycles. The molecular formula is C17H16N2O3. The van der Waals surface area contributed by atoms with Crippen LogP contribution in [0.3, 0.4) is 0 Å². The Labute approximate surface area is 128 Å². The molecule has 5 heteroatoms. The molecule has 2 aromatic carbocycles. The standard InChI is InChI=1S/C17H16N2O3/c1-11-3-2-4-13(9-11)18-17(21)12-5-6-15-14(10-12)19-16(20)7-8-22-15/h2-6,9-10H,7-8H2,1H3,(H,18,21)(H,19,20). The Morgan fingerprint density at radius 2 is 2.09 bits per heavy atom. The number of amides is 2. The Morgan fingerprint density at radius 3 is 2.91 bits per heavy atom. The Balaban J connectivity index is 1.83. The summed E-state index contributed by atoms with van der Waals surface area (Å²) in [6.07, 6.45) is 0.305. The minimum absolute atomic E-state index is 0.116. The second-order valence-electron chi connectivity index (χ2n) is 5.18. The number of fused-ring (bicyclic) bond motifs is 1. The molecular weight excluding hydrogens is 280 g/mol. The Hall–Kier alpha value is -2.82. The molecule has 0 aromatic heterocycles. The number of anilines is 2. The van der Waals surface area contributed by atoms with Crippen LogP contribution in [0.2, 0.25) is 0 Å². The number of ether oxygens (including phenoxy) is 1. The molecule has 22 heavy (non-hydrogen) atoms. The smallest absolute Gasteiger partial charge is 0.255 e. The van der Waals surface area contributed by atoms with Crippen LogP contribution < -0.4 is 15.4 Å². The van der Waals surface area contributed by atoms with Crippen molar-refractivity contribution >= 4 is 23.2 Å². The van der Waals surface area contributed by atoms with E-state index < -0.39 is 0 Å². The molecule has 0 radical (unpaired) electrons. The Bertz CT molecular complexity index is 740. The van der Waals surface area contributed by atoms with Gasteiger partial charge in [-0.05, 0) is 42.8 Å². The van der Waals surface area contributed by atoms with Crippen LogP contribution >= 0.6 is 0 Å². The van der Waals surface area contributed by atoms with Crippen molar-refractivity contribution in [2.75, 3.05) is 17.2 Å². The lowest BCUT2D eigenvalue weighted by Crippen LogP contribution is -2.13. The van der Waals surface area contributed by atoms with Gasteiger partial charge >= 0.3 is 0 Å². The summed E-state index contributed by atoms with van der Waals surface area (Å²) in [5.74, 6) is 0.236. The van der Waals surface area contributed by atoms with Gasteiger partial charge in [-0.25, -0.2) is 0 Å². The third kappa shape index (κ3) is 3.09. The van der Waals surface area contributed by atoms with E-state index in [0.29, 0.717) is 30.0 Å². The van der Waals surface area contributed by atoms with Crippen LogP contribution in [0.25, 0.3) is 0 Å². The molecule has 0 fully saturated rings. The third-order valence-electron chi connectivity index (χ3n) is 3.38. The Morgan fingerprint density at radius 1 is 1.23 bits per heavy atom. The van der Waals surface area contributed by atoms with E-state index in [1.165, 1.54) is 0 Å². The van der Waals surface area contributed by atoms with E-state index in [1.807, 2.05) is 31.2 Å². The molecule has 2 amide bonds. The summed E-state index contributed by atoms with van der Waals surface area (Å²) in [7, 11) is 0. The maximum absolute atomic E-state index is 12.3. The molecule has 112 valence electrons. The fourth-order valence-electron chi connectivity index (χ4n) is 2.29. The maximum atomic E-state index is 12.3. The van der Waals surface area contributed by atoms with E-state index in [2.05, 4.69) is 10.6 Å². The molecule has 5 nitrogen and oxygen atoms in total. The van der Waals surface area contributed by atoms with Crippen molar-refractivity contribution in [3.05, 3.63) is 53.6 Å². The zero-order chi connectivity index (χ0) is 15.5. The minimum atomic E-state index is -0.230. The minimum Gasteiger partial charge on any atom is -0.491 e. The van der Waals surface area contributed by atoms with Gasteiger partial charge < -0.3 is 15.4 Å². The number of carbonyl (C=O) groups is 2. The number of hydrogen-bond donors (Lipinski definition) is 2. The van der Waals surface area contributed by atoms with Crippen molar-refractivity contribution in [1.29, 1.82) is 0 Å². The summed E-state index contributed by atoms with van der Waals surface area (Å²) < 4.78 is 5.47. The van der Waals surface area contributed by atoms with Crippen LogP contribution in [0.1, 0.15) is 22.3 Å². The van der Waals surface area contributed by atoms with Gasteiger partial charge in [0.25, 0.3) is 5.91 Å². The summed E-state index contributed by atoms with van der Waals surface area (Å²) in [6, 6.07) is 12.6. The van der Waals surface area contributed by atoms with E-state index in [-0.39, 0.29) is 11.8 Å². The second kappa shape index (κ2) is 5.89. The van der Waals surface area contributed by atoms with Gasteiger partial charge in [0.15, 0.2) is 0 Å². The molecule has 0 atom stereocenters. The number of hydrogen-bond acceptors (Lipinski definition) is 3. The van der Waals surface area contributed by atoms with Crippen molar-refractivity contribution in [2.24, 2.45) is 0 Å². The largest absolute Gasteiger partial charge is 0.491 e. The number of aryl methyl sites for hydroxylation is 1. The molecule has 0 spiro atoms. The predicted octanol–water partition coefficient (Wildman–Crippen LogP) is 2.97. The van der Waals surface area contributed by atoms with Crippen LogP contribution in [0.4, 0.5) is 11.4 Å². The quantitative estimate of drug-likeness (QED) is 0.895. The number of rotatable bonds is 2. The van der Waals surface area contributed by atoms with Crippen LogP contribution in [0.5, 0.6) is 5.75 Å². The van der Waals surface area contributed by atoms with Crippen molar-refractivity contribution < 1.29 is 14.3 Å². The SMILES string of the molecule is Cc1cccc(NC(=O)c2ccc3c(c2)NC(=O)CCO3)c1. The van der Waals surface area contributed by atoms with Crippen LogP contribution in [0.15, 0.2) is 42.5 Å². The summed E-state index contributed by atoms with van der Waals surface area (Å²) >= 11 is 0. The van der Waals surface area contributed by atoms with E-state index >= 15 is 0 Å². The molecule has 0 unspecified atom stereocenters. The summed E-state index contributed by atoms with van der Waals surface area (Å²) in [6.45, 7) is 2.30. The lowest BCUT2D eigenvalue weighted by atomic mass is 10.1.